The van der Waals surface area contributed by atoms with Crippen LogP contribution in [-0.4, -0.2) is 12.9 Å². The van der Waals surface area contributed by atoms with E-state index in [0.29, 0.717) is 22.8 Å². The van der Waals surface area contributed by atoms with Gasteiger partial charge in [0.1, 0.15) is 5.75 Å². The average Bonchev–Trinajstić information content (AvgIpc) is 2.45. The molecule has 0 aliphatic heterocycles. The Kier molecular flexibility index (Phi) is 5.26. The number of carbonyl (C=O) groups is 1. The lowest BCUT2D eigenvalue weighted by Crippen LogP contribution is -2.09. The maximum atomic E-state index is 12.3. The lowest BCUT2D eigenvalue weighted by molar-refractivity contribution is 0.0967. The van der Waals surface area contributed by atoms with E-state index in [0.717, 1.165) is 12.3 Å². The summed E-state index contributed by atoms with van der Waals surface area (Å²) in [6.07, 6.45) is 8.19. The second-order valence-corrected chi connectivity index (χ2v) is 5.75. The molecule has 0 saturated heterocycles. The number of Topliss-reactive ketones (excluding diaryl/α,β-unsaturated/α-hetero) is 1. The minimum absolute atomic E-state index is 0.166. The first-order valence-corrected chi connectivity index (χ1v) is 7.45. The number of hydrogen-bond acceptors (Lipinski definition) is 2. The maximum absolute atomic E-state index is 12.3. The molecule has 0 spiro atoms. The minimum Gasteiger partial charge on any atom is -0.496 e. The van der Waals surface area contributed by atoms with E-state index in [4.69, 9.17) is 16.3 Å². The Hall–Kier alpha value is -1.02. The molecule has 1 fully saturated rings. The Balaban J connectivity index is 1.95. The van der Waals surface area contributed by atoms with Gasteiger partial charge in [-0.2, -0.15) is 0 Å². The predicted octanol–water partition coefficient (Wildman–Crippen LogP) is 4.89. The molecule has 1 aliphatic rings. The molecular weight excluding hydrogens is 260 g/mol. The normalized spacial score (nSPS) is 16.3. The molecule has 3 heteroatoms. The van der Waals surface area contributed by atoms with Gasteiger partial charge in [0.15, 0.2) is 5.78 Å². The van der Waals surface area contributed by atoms with Crippen molar-refractivity contribution in [1.82, 2.24) is 0 Å². The summed E-state index contributed by atoms with van der Waals surface area (Å²) in [5.74, 6) is 1.48. The van der Waals surface area contributed by atoms with Crippen LogP contribution in [0.5, 0.6) is 5.75 Å². The fourth-order valence-electron chi connectivity index (χ4n) is 2.84. The van der Waals surface area contributed by atoms with Crippen molar-refractivity contribution in [1.29, 1.82) is 0 Å². The molecule has 0 radical (unpaired) electrons. The van der Waals surface area contributed by atoms with E-state index in [1.807, 2.05) is 0 Å². The van der Waals surface area contributed by atoms with Crippen LogP contribution in [0.25, 0.3) is 0 Å². The summed E-state index contributed by atoms with van der Waals surface area (Å²) < 4.78 is 5.23. The van der Waals surface area contributed by atoms with E-state index in [2.05, 4.69) is 0 Å². The quantitative estimate of drug-likeness (QED) is 0.718. The van der Waals surface area contributed by atoms with Crippen molar-refractivity contribution in [3.63, 3.8) is 0 Å². The Morgan fingerprint density at radius 3 is 2.74 bits per heavy atom. The highest BCUT2D eigenvalue weighted by molar-refractivity contribution is 6.30. The molecule has 0 atom stereocenters. The number of ketones is 1. The number of halogens is 1. The lowest BCUT2D eigenvalue weighted by atomic mass is 9.85. The van der Waals surface area contributed by atoms with Gasteiger partial charge in [0, 0.05) is 11.4 Å². The molecule has 19 heavy (non-hydrogen) atoms. The van der Waals surface area contributed by atoms with Crippen molar-refractivity contribution in [3.05, 3.63) is 28.8 Å². The van der Waals surface area contributed by atoms with Gasteiger partial charge >= 0.3 is 0 Å². The summed E-state index contributed by atoms with van der Waals surface area (Å²) in [7, 11) is 1.57. The van der Waals surface area contributed by atoms with Gasteiger partial charge in [-0.1, -0.05) is 43.7 Å². The van der Waals surface area contributed by atoms with E-state index in [1.54, 1.807) is 25.3 Å². The molecule has 1 aliphatic carbocycles. The van der Waals surface area contributed by atoms with Gasteiger partial charge in [0.2, 0.25) is 0 Å². The highest BCUT2D eigenvalue weighted by Gasteiger charge is 2.17. The van der Waals surface area contributed by atoms with Gasteiger partial charge in [0.05, 0.1) is 12.7 Å². The molecule has 0 N–H and O–H groups in total. The minimum atomic E-state index is 0.166. The molecule has 0 aromatic heterocycles. The zero-order chi connectivity index (χ0) is 13.7. The van der Waals surface area contributed by atoms with Gasteiger partial charge < -0.3 is 4.74 Å². The highest BCUT2D eigenvalue weighted by atomic mass is 35.5. The van der Waals surface area contributed by atoms with Crippen LogP contribution in [0.2, 0.25) is 5.02 Å². The number of methoxy groups -OCH3 is 1. The zero-order valence-electron chi connectivity index (χ0n) is 11.5. The molecule has 2 nitrogen and oxygen atoms in total. The number of hydrogen-bond donors (Lipinski definition) is 0. The number of benzene rings is 1. The van der Waals surface area contributed by atoms with Gasteiger partial charge in [-0.25, -0.2) is 0 Å². The molecule has 0 unspecified atom stereocenters. The predicted molar refractivity (Wildman–Crippen MR) is 78.1 cm³/mol. The van der Waals surface area contributed by atoms with E-state index in [-0.39, 0.29) is 5.78 Å². The van der Waals surface area contributed by atoms with Crippen LogP contribution in [0, 0.1) is 5.92 Å². The van der Waals surface area contributed by atoms with Crippen molar-refractivity contribution >= 4 is 17.4 Å². The van der Waals surface area contributed by atoms with Gasteiger partial charge in [-0.05, 0) is 30.5 Å². The maximum Gasteiger partial charge on any atom is 0.166 e. The van der Waals surface area contributed by atoms with Crippen molar-refractivity contribution in [2.45, 2.75) is 44.9 Å². The second-order valence-electron chi connectivity index (χ2n) is 5.31. The van der Waals surface area contributed by atoms with Crippen molar-refractivity contribution in [2.75, 3.05) is 7.11 Å². The van der Waals surface area contributed by atoms with Crippen LogP contribution < -0.4 is 4.74 Å². The van der Waals surface area contributed by atoms with E-state index in [1.165, 1.54) is 32.1 Å². The third-order valence-corrected chi connectivity index (χ3v) is 4.20. The van der Waals surface area contributed by atoms with Gasteiger partial charge in [0.25, 0.3) is 0 Å². The summed E-state index contributed by atoms with van der Waals surface area (Å²) in [6, 6.07) is 5.22. The number of rotatable bonds is 5. The van der Waals surface area contributed by atoms with Crippen LogP contribution in [0.15, 0.2) is 18.2 Å². The third-order valence-electron chi connectivity index (χ3n) is 3.97. The average molecular weight is 281 g/mol. The first-order chi connectivity index (χ1) is 9.20. The fraction of sp³-hybridized carbons (Fsp3) is 0.562. The van der Waals surface area contributed by atoms with Crippen LogP contribution in [0.3, 0.4) is 0 Å². The van der Waals surface area contributed by atoms with Crippen molar-refractivity contribution in [3.8, 4) is 5.75 Å². The summed E-state index contributed by atoms with van der Waals surface area (Å²) in [4.78, 5) is 12.3. The molecule has 1 saturated carbocycles. The Morgan fingerprint density at radius 2 is 2.05 bits per heavy atom. The molecule has 0 heterocycles. The Labute approximate surface area is 120 Å². The van der Waals surface area contributed by atoms with Crippen LogP contribution in [-0.2, 0) is 0 Å². The van der Waals surface area contributed by atoms with Gasteiger partial charge in [-0.15, -0.1) is 0 Å². The van der Waals surface area contributed by atoms with Crippen LogP contribution >= 0.6 is 11.6 Å². The monoisotopic (exact) mass is 280 g/mol. The SMILES string of the molecule is COc1cc(Cl)ccc1C(=O)CCC1CCCCC1. The molecule has 2 rings (SSSR count). The van der Waals surface area contributed by atoms with Crippen molar-refractivity contribution < 1.29 is 9.53 Å². The zero-order valence-corrected chi connectivity index (χ0v) is 12.2. The summed E-state index contributed by atoms with van der Waals surface area (Å²) in [5.41, 5.74) is 0.655. The van der Waals surface area contributed by atoms with Crippen LogP contribution in [0.4, 0.5) is 0 Å². The number of ether oxygens (including phenoxy) is 1. The van der Waals surface area contributed by atoms with E-state index in [9.17, 15) is 4.79 Å². The van der Waals surface area contributed by atoms with Crippen LogP contribution in [0.1, 0.15) is 55.3 Å². The van der Waals surface area contributed by atoms with E-state index >= 15 is 0 Å². The standard InChI is InChI=1S/C16H21ClO2/c1-19-16-11-13(17)8-9-14(16)15(18)10-7-12-5-3-2-4-6-12/h8-9,11-12H,2-7,10H2,1H3. The third kappa shape index (κ3) is 3.97. The van der Waals surface area contributed by atoms with Gasteiger partial charge in [-0.3, -0.25) is 4.79 Å². The topological polar surface area (TPSA) is 26.3 Å². The highest BCUT2D eigenvalue weighted by Crippen LogP contribution is 2.29. The molecule has 0 bridgehead atoms. The molecule has 104 valence electrons. The summed E-state index contributed by atoms with van der Waals surface area (Å²) in [5, 5.41) is 0.598. The summed E-state index contributed by atoms with van der Waals surface area (Å²) >= 11 is 5.91. The molecule has 0 amide bonds. The first-order valence-electron chi connectivity index (χ1n) is 7.07. The second kappa shape index (κ2) is 6.95. The smallest absolute Gasteiger partial charge is 0.166 e. The molecule has 1 aromatic rings. The first kappa shape index (κ1) is 14.4. The largest absolute Gasteiger partial charge is 0.496 e. The summed E-state index contributed by atoms with van der Waals surface area (Å²) in [6.45, 7) is 0. The van der Waals surface area contributed by atoms with Crippen molar-refractivity contribution in [2.24, 2.45) is 5.92 Å². The molecular formula is C16H21ClO2. The Morgan fingerprint density at radius 1 is 1.32 bits per heavy atom. The number of carbonyl (C=O) groups excluding carboxylic acids is 1. The lowest BCUT2D eigenvalue weighted by Gasteiger charge is -2.21. The fourth-order valence-corrected chi connectivity index (χ4v) is 3.00. The van der Waals surface area contributed by atoms with E-state index < -0.39 is 0 Å². The Bertz CT molecular complexity index is 436. The molecule has 1 aromatic carbocycles.